The lowest BCUT2D eigenvalue weighted by Crippen LogP contribution is -2.34. The van der Waals surface area contributed by atoms with Gasteiger partial charge in [0.15, 0.2) is 5.65 Å². The van der Waals surface area contributed by atoms with Crippen molar-refractivity contribution in [3.05, 3.63) is 59.0 Å². The molecule has 3 aromatic heterocycles. The highest BCUT2D eigenvalue weighted by Gasteiger charge is 2.24. The van der Waals surface area contributed by atoms with Crippen molar-refractivity contribution in [3.63, 3.8) is 0 Å². The molecule has 31 heavy (non-hydrogen) atoms. The van der Waals surface area contributed by atoms with Gasteiger partial charge in [-0.2, -0.15) is 10.2 Å². The van der Waals surface area contributed by atoms with Crippen LogP contribution in [-0.2, 0) is 6.42 Å². The Kier molecular flexibility index (Phi) is 5.16. The highest BCUT2D eigenvalue weighted by molar-refractivity contribution is 5.88. The van der Waals surface area contributed by atoms with E-state index in [0.717, 1.165) is 61.2 Å². The van der Waals surface area contributed by atoms with Crippen LogP contribution in [0.2, 0.25) is 0 Å². The second kappa shape index (κ2) is 8.12. The molecule has 0 unspecified atom stereocenters. The number of aryl methyl sites for hydroxylation is 2. The average Bonchev–Trinajstić information content (AvgIpc) is 3.44. The zero-order valence-corrected chi connectivity index (χ0v) is 18.1. The normalized spacial score (nSPS) is 15.6. The molecule has 1 saturated heterocycles. The Morgan fingerprint density at radius 3 is 2.84 bits per heavy atom. The third-order valence-corrected chi connectivity index (χ3v) is 6.58. The molecule has 0 radical (unpaired) electrons. The van der Waals surface area contributed by atoms with Crippen molar-refractivity contribution in [1.29, 1.82) is 0 Å². The molecule has 1 fully saturated rings. The lowest BCUT2D eigenvalue weighted by Gasteiger charge is -2.30. The monoisotopic (exact) mass is 413 g/mol. The van der Waals surface area contributed by atoms with Crippen LogP contribution in [0, 0.1) is 13.5 Å². The second-order valence-electron chi connectivity index (χ2n) is 8.45. The number of aromatic nitrogens is 5. The van der Waals surface area contributed by atoms with Gasteiger partial charge in [0.05, 0.1) is 12.1 Å². The first-order chi connectivity index (χ1) is 15.2. The fourth-order valence-electron chi connectivity index (χ4n) is 4.87. The Morgan fingerprint density at radius 1 is 1.23 bits per heavy atom. The van der Waals surface area contributed by atoms with Gasteiger partial charge >= 0.3 is 0 Å². The van der Waals surface area contributed by atoms with Crippen molar-refractivity contribution in [2.75, 3.05) is 26.2 Å². The van der Waals surface area contributed by atoms with Crippen molar-refractivity contribution < 1.29 is 0 Å². The first-order valence-electron chi connectivity index (χ1n) is 11.0. The lowest BCUT2D eigenvalue weighted by atomic mass is 9.89. The summed E-state index contributed by atoms with van der Waals surface area (Å²) in [4.78, 5) is 10.2. The summed E-state index contributed by atoms with van der Waals surface area (Å²) in [7, 11) is 0. The molecule has 4 heterocycles. The number of piperidine rings is 1. The molecule has 0 atom stereocenters. The summed E-state index contributed by atoms with van der Waals surface area (Å²) < 4.78 is 1.85. The highest BCUT2D eigenvalue weighted by atomic mass is 15.3. The maximum atomic E-state index is 7.00. The number of aromatic amines is 1. The van der Waals surface area contributed by atoms with E-state index in [4.69, 9.17) is 6.57 Å². The van der Waals surface area contributed by atoms with E-state index < -0.39 is 0 Å². The summed E-state index contributed by atoms with van der Waals surface area (Å²) in [5.41, 5.74) is 7.98. The molecule has 0 amide bonds. The minimum absolute atomic E-state index is 0.499. The van der Waals surface area contributed by atoms with Crippen LogP contribution in [-0.4, -0.2) is 55.9 Å². The first-order valence-corrected chi connectivity index (χ1v) is 11.0. The fourth-order valence-corrected chi connectivity index (χ4v) is 4.87. The largest absolute Gasteiger partial charge is 0.316 e. The number of rotatable bonds is 5. The summed E-state index contributed by atoms with van der Waals surface area (Å²) in [5.74, 6) is 0.499. The van der Waals surface area contributed by atoms with Crippen LogP contribution in [0.3, 0.4) is 0 Å². The predicted molar refractivity (Wildman–Crippen MR) is 122 cm³/mol. The van der Waals surface area contributed by atoms with E-state index in [0.29, 0.717) is 12.5 Å². The van der Waals surface area contributed by atoms with Crippen LogP contribution < -0.4 is 0 Å². The smallest absolute Gasteiger partial charge is 0.227 e. The van der Waals surface area contributed by atoms with Crippen LogP contribution in [0.4, 0.5) is 0 Å². The Labute approximate surface area is 181 Å². The summed E-state index contributed by atoms with van der Waals surface area (Å²) in [5, 5.41) is 13.6. The van der Waals surface area contributed by atoms with Crippen LogP contribution in [0.5, 0.6) is 0 Å². The number of nitrogens with one attached hydrogen (secondary N) is 1. The van der Waals surface area contributed by atoms with Gasteiger partial charge in [-0.05, 0) is 74.2 Å². The van der Waals surface area contributed by atoms with Gasteiger partial charge in [-0.25, -0.2) is 16.1 Å². The molecule has 1 aliphatic heterocycles. The minimum Gasteiger partial charge on any atom is -0.316 e. The molecule has 1 N–H and O–H groups in total. The van der Waals surface area contributed by atoms with E-state index in [9.17, 15) is 0 Å². The maximum absolute atomic E-state index is 7.00. The van der Waals surface area contributed by atoms with E-state index in [-0.39, 0.29) is 0 Å². The first kappa shape index (κ1) is 19.7. The van der Waals surface area contributed by atoms with Crippen molar-refractivity contribution in [2.45, 2.75) is 39.0 Å². The maximum Gasteiger partial charge on any atom is 0.227 e. The standard InChI is InChI=1S/C24H27N7/c1-4-17-12-21-22(13-20(17)19-11-16(2)24-26-15-27-31(24)14-19)28-29-23(21)18-5-8-30(9-6-18)10-7-25-3/h11-15,18H,4-10H2,1-2H3,(H,28,29). The third kappa shape index (κ3) is 3.57. The Balaban J connectivity index is 1.49. The molecule has 158 valence electrons. The van der Waals surface area contributed by atoms with E-state index >= 15 is 0 Å². The molecule has 0 spiro atoms. The molecule has 1 aliphatic rings. The third-order valence-electron chi connectivity index (χ3n) is 6.58. The SMILES string of the molecule is [C-]#[N+]CCN1CCC(c2[nH]nc3cc(-c4cc(C)c5ncnn5c4)c(CC)cc23)CC1. The van der Waals surface area contributed by atoms with Crippen molar-refractivity contribution in [3.8, 4) is 11.1 Å². The summed E-state index contributed by atoms with van der Waals surface area (Å²) in [6.45, 7) is 14.9. The van der Waals surface area contributed by atoms with Gasteiger partial charge in [-0.15, -0.1) is 0 Å². The number of fused-ring (bicyclic) bond motifs is 2. The topological polar surface area (TPSA) is 66.5 Å². The van der Waals surface area contributed by atoms with Crippen LogP contribution in [0.25, 0.3) is 32.5 Å². The van der Waals surface area contributed by atoms with Crippen LogP contribution in [0.1, 0.15) is 42.5 Å². The molecule has 7 heteroatoms. The number of nitrogens with zero attached hydrogens (tertiary/aromatic N) is 6. The van der Waals surface area contributed by atoms with E-state index in [2.05, 4.69) is 68.3 Å². The Morgan fingerprint density at radius 2 is 2.06 bits per heavy atom. The van der Waals surface area contributed by atoms with Gasteiger partial charge in [-0.3, -0.25) is 10.00 Å². The summed E-state index contributed by atoms with van der Waals surface area (Å²) >= 11 is 0. The zero-order valence-electron chi connectivity index (χ0n) is 18.1. The van der Waals surface area contributed by atoms with E-state index in [1.54, 1.807) is 6.33 Å². The second-order valence-corrected chi connectivity index (χ2v) is 8.45. The van der Waals surface area contributed by atoms with Crippen molar-refractivity contribution >= 4 is 16.6 Å². The minimum atomic E-state index is 0.499. The van der Waals surface area contributed by atoms with Gasteiger partial charge in [0, 0.05) is 28.8 Å². The van der Waals surface area contributed by atoms with Crippen molar-refractivity contribution in [2.24, 2.45) is 0 Å². The molecule has 5 rings (SSSR count). The number of pyridine rings is 1. The number of likely N-dealkylation sites (tertiary alicyclic amines) is 1. The van der Waals surface area contributed by atoms with Gasteiger partial charge < -0.3 is 4.85 Å². The summed E-state index contributed by atoms with van der Waals surface area (Å²) in [6, 6.07) is 6.74. The number of hydrogen-bond acceptors (Lipinski definition) is 4. The zero-order chi connectivity index (χ0) is 21.4. The number of hydrogen-bond donors (Lipinski definition) is 1. The quantitative estimate of drug-likeness (QED) is 0.497. The molecule has 0 aliphatic carbocycles. The number of H-pyrrole nitrogens is 1. The molecule has 0 bridgehead atoms. The van der Waals surface area contributed by atoms with Crippen LogP contribution in [0.15, 0.2) is 30.7 Å². The fraction of sp³-hybridized carbons (Fsp3) is 0.417. The molecular formula is C24H27N7. The molecule has 7 nitrogen and oxygen atoms in total. The van der Waals surface area contributed by atoms with Crippen LogP contribution >= 0.6 is 0 Å². The summed E-state index contributed by atoms with van der Waals surface area (Å²) in [6.07, 6.45) is 6.84. The molecule has 4 aromatic rings. The Bertz CT molecular complexity index is 1270. The van der Waals surface area contributed by atoms with E-state index in [1.165, 1.54) is 22.2 Å². The van der Waals surface area contributed by atoms with Gasteiger partial charge in [0.25, 0.3) is 0 Å². The van der Waals surface area contributed by atoms with Gasteiger partial charge in [0.1, 0.15) is 6.33 Å². The molecule has 0 saturated carbocycles. The molecular weight excluding hydrogens is 386 g/mol. The van der Waals surface area contributed by atoms with Gasteiger partial charge in [-0.1, -0.05) is 6.92 Å². The number of benzene rings is 1. The predicted octanol–water partition coefficient (Wildman–Crippen LogP) is 4.24. The van der Waals surface area contributed by atoms with E-state index in [1.807, 2.05) is 4.52 Å². The van der Waals surface area contributed by atoms with Gasteiger partial charge in [0.2, 0.25) is 6.54 Å². The van der Waals surface area contributed by atoms with Crippen molar-refractivity contribution in [1.82, 2.24) is 29.7 Å². The molecule has 1 aromatic carbocycles. The lowest BCUT2D eigenvalue weighted by molar-refractivity contribution is 0.220. The highest BCUT2D eigenvalue weighted by Crippen LogP contribution is 2.35. The Hall–Kier alpha value is -3.24. The average molecular weight is 414 g/mol.